The van der Waals surface area contributed by atoms with Gasteiger partial charge in [0.15, 0.2) is 0 Å². The van der Waals surface area contributed by atoms with Gasteiger partial charge in [-0.2, -0.15) is 0 Å². The number of nitrogens with one attached hydrogen (secondary N) is 2. The smallest absolute Gasteiger partial charge is 0.227 e. The van der Waals surface area contributed by atoms with Crippen molar-refractivity contribution in [1.82, 2.24) is 5.32 Å². The summed E-state index contributed by atoms with van der Waals surface area (Å²) in [7, 11) is 0. The largest absolute Gasteiger partial charge is 0.326 e. The summed E-state index contributed by atoms with van der Waals surface area (Å²) >= 11 is 0. The molecule has 1 aliphatic rings. The van der Waals surface area contributed by atoms with Crippen molar-refractivity contribution in [2.75, 3.05) is 11.9 Å². The zero-order valence-electron chi connectivity index (χ0n) is 10.8. The summed E-state index contributed by atoms with van der Waals surface area (Å²) in [6.07, 6.45) is 1.67. The van der Waals surface area contributed by atoms with E-state index in [4.69, 9.17) is 0 Å². The number of halogens is 1. The van der Waals surface area contributed by atoms with Crippen molar-refractivity contribution in [3.8, 4) is 0 Å². The summed E-state index contributed by atoms with van der Waals surface area (Å²) in [5, 5.41) is 6.10. The molecule has 0 saturated carbocycles. The van der Waals surface area contributed by atoms with Crippen molar-refractivity contribution in [1.29, 1.82) is 0 Å². The summed E-state index contributed by atoms with van der Waals surface area (Å²) < 4.78 is 13.4. The molecule has 4 heteroatoms. The average Bonchev–Trinajstić information content (AvgIpc) is 2.34. The van der Waals surface area contributed by atoms with E-state index in [1.165, 1.54) is 6.07 Å². The summed E-state index contributed by atoms with van der Waals surface area (Å²) in [4.78, 5) is 12.0. The second-order valence-electron chi connectivity index (χ2n) is 5.03. The van der Waals surface area contributed by atoms with Gasteiger partial charge in [0.2, 0.25) is 5.91 Å². The van der Waals surface area contributed by atoms with E-state index in [0.717, 1.165) is 19.4 Å². The second kappa shape index (κ2) is 5.48. The lowest BCUT2D eigenvalue weighted by molar-refractivity contribution is -0.120. The Bertz CT molecular complexity index is 447. The highest BCUT2D eigenvalue weighted by atomic mass is 19.1. The van der Waals surface area contributed by atoms with Crippen LogP contribution < -0.4 is 10.6 Å². The van der Waals surface area contributed by atoms with Crippen molar-refractivity contribution in [3.63, 3.8) is 0 Å². The lowest BCUT2D eigenvalue weighted by Gasteiger charge is -2.27. The molecule has 1 fully saturated rings. The maximum atomic E-state index is 13.4. The number of benzene rings is 1. The van der Waals surface area contributed by atoms with E-state index in [1.54, 1.807) is 19.1 Å². The molecule has 1 saturated heterocycles. The minimum atomic E-state index is -0.286. The van der Waals surface area contributed by atoms with E-state index >= 15 is 0 Å². The molecule has 2 N–H and O–H groups in total. The molecule has 1 aliphatic heterocycles. The first kappa shape index (κ1) is 13.0. The van der Waals surface area contributed by atoms with Gasteiger partial charge in [0.25, 0.3) is 0 Å². The minimum Gasteiger partial charge on any atom is -0.326 e. The number of anilines is 1. The van der Waals surface area contributed by atoms with Gasteiger partial charge in [-0.1, -0.05) is 6.07 Å². The summed E-state index contributed by atoms with van der Waals surface area (Å²) in [6.45, 7) is 4.64. The van der Waals surface area contributed by atoms with Gasteiger partial charge < -0.3 is 10.6 Å². The van der Waals surface area contributed by atoms with E-state index < -0.39 is 0 Å². The van der Waals surface area contributed by atoms with Crippen LogP contribution in [0.15, 0.2) is 18.2 Å². The molecule has 0 bridgehead atoms. The SMILES string of the molecule is Cc1ccc(NC(=O)[C@H]2CCN[C@@H](C)C2)cc1F. The van der Waals surface area contributed by atoms with Crippen molar-refractivity contribution in [3.05, 3.63) is 29.6 Å². The van der Waals surface area contributed by atoms with E-state index in [0.29, 0.717) is 17.3 Å². The van der Waals surface area contributed by atoms with Gasteiger partial charge >= 0.3 is 0 Å². The maximum Gasteiger partial charge on any atom is 0.227 e. The first-order valence-corrected chi connectivity index (χ1v) is 6.36. The Morgan fingerprint density at radius 1 is 1.50 bits per heavy atom. The second-order valence-corrected chi connectivity index (χ2v) is 5.03. The fourth-order valence-electron chi connectivity index (χ4n) is 2.28. The highest BCUT2D eigenvalue weighted by Gasteiger charge is 2.24. The van der Waals surface area contributed by atoms with Crippen LogP contribution in [0.1, 0.15) is 25.3 Å². The first-order chi connectivity index (χ1) is 8.56. The molecule has 0 aromatic heterocycles. The number of rotatable bonds is 2. The average molecular weight is 250 g/mol. The fraction of sp³-hybridized carbons (Fsp3) is 0.500. The highest BCUT2D eigenvalue weighted by Crippen LogP contribution is 2.19. The predicted molar refractivity (Wildman–Crippen MR) is 70.0 cm³/mol. The molecule has 0 spiro atoms. The van der Waals surface area contributed by atoms with Gasteiger partial charge in [-0.3, -0.25) is 4.79 Å². The number of hydrogen-bond acceptors (Lipinski definition) is 2. The van der Waals surface area contributed by atoms with Crippen LogP contribution in [0.4, 0.5) is 10.1 Å². The normalized spacial score (nSPS) is 23.7. The van der Waals surface area contributed by atoms with Crippen molar-refractivity contribution in [2.24, 2.45) is 5.92 Å². The Morgan fingerprint density at radius 2 is 2.28 bits per heavy atom. The minimum absolute atomic E-state index is 0.00777. The zero-order valence-corrected chi connectivity index (χ0v) is 10.8. The zero-order chi connectivity index (χ0) is 13.1. The third-order valence-corrected chi connectivity index (χ3v) is 3.43. The molecule has 1 amide bonds. The standard InChI is InChI=1S/C14H19FN2O/c1-9-3-4-12(8-13(9)15)17-14(18)11-5-6-16-10(2)7-11/h3-4,8,10-11,16H,5-7H2,1-2H3,(H,17,18)/t10-,11-/m0/s1. The lowest BCUT2D eigenvalue weighted by atomic mass is 9.92. The third-order valence-electron chi connectivity index (χ3n) is 3.43. The molecule has 2 atom stereocenters. The molecule has 1 aromatic rings. The van der Waals surface area contributed by atoms with Gasteiger partial charge in [0.05, 0.1) is 0 Å². The van der Waals surface area contributed by atoms with E-state index in [1.807, 2.05) is 0 Å². The van der Waals surface area contributed by atoms with Crippen molar-refractivity contribution < 1.29 is 9.18 Å². The Hall–Kier alpha value is -1.42. The van der Waals surface area contributed by atoms with Crippen LogP contribution >= 0.6 is 0 Å². The Kier molecular flexibility index (Phi) is 3.97. The lowest BCUT2D eigenvalue weighted by Crippen LogP contribution is -2.40. The van der Waals surface area contributed by atoms with Gasteiger partial charge in [0.1, 0.15) is 5.82 Å². The quantitative estimate of drug-likeness (QED) is 0.846. The van der Waals surface area contributed by atoms with Crippen LogP contribution in [0.5, 0.6) is 0 Å². The predicted octanol–water partition coefficient (Wildman–Crippen LogP) is 2.46. The van der Waals surface area contributed by atoms with Crippen LogP contribution in [-0.4, -0.2) is 18.5 Å². The molecule has 98 valence electrons. The van der Waals surface area contributed by atoms with Crippen LogP contribution in [0.2, 0.25) is 0 Å². The molecule has 0 radical (unpaired) electrons. The van der Waals surface area contributed by atoms with Crippen molar-refractivity contribution in [2.45, 2.75) is 32.7 Å². The molecular weight excluding hydrogens is 231 g/mol. The summed E-state index contributed by atoms with van der Waals surface area (Å²) in [5.41, 5.74) is 1.12. The van der Waals surface area contributed by atoms with E-state index in [9.17, 15) is 9.18 Å². The molecule has 0 aliphatic carbocycles. The highest BCUT2D eigenvalue weighted by molar-refractivity contribution is 5.92. The van der Waals surface area contributed by atoms with Crippen LogP contribution in [0.3, 0.4) is 0 Å². The topological polar surface area (TPSA) is 41.1 Å². The van der Waals surface area contributed by atoms with Gasteiger partial charge in [0, 0.05) is 17.6 Å². The molecule has 1 aromatic carbocycles. The van der Waals surface area contributed by atoms with Gasteiger partial charge in [-0.25, -0.2) is 4.39 Å². The molecule has 1 heterocycles. The summed E-state index contributed by atoms with van der Waals surface area (Å²) in [5.74, 6) is -0.274. The molecule has 2 rings (SSSR count). The summed E-state index contributed by atoms with van der Waals surface area (Å²) in [6, 6.07) is 5.15. The molecular formula is C14H19FN2O. The number of carbonyl (C=O) groups excluding carboxylic acids is 1. The van der Waals surface area contributed by atoms with E-state index in [2.05, 4.69) is 17.6 Å². The maximum absolute atomic E-state index is 13.4. The number of amides is 1. The van der Waals surface area contributed by atoms with Gasteiger partial charge in [-0.05, 0) is 50.9 Å². The van der Waals surface area contributed by atoms with E-state index in [-0.39, 0.29) is 17.6 Å². The number of carbonyl (C=O) groups is 1. The van der Waals surface area contributed by atoms with Crippen LogP contribution in [0, 0.1) is 18.7 Å². The number of aryl methyl sites for hydroxylation is 1. The molecule has 18 heavy (non-hydrogen) atoms. The molecule has 0 unspecified atom stereocenters. The Morgan fingerprint density at radius 3 is 2.94 bits per heavy atom. The Balaban J connectivity index is 2.00. The Labute approximate surface area is 107 Å². The van der Waals surface area contributed by atoms with Gasteiger partial charge in [-0.15, -0.1) is 0 Å². The number of hydrogen-bond donors (Lipinski definition) is 2. The van der Waals surface area contributed by atoms with Crippen LogP contribution in [0.25, 0.3) is 0 Å². The van der Waals surface area contributed by atoms with Crippen molar-refractivity contribution >= 4 is 11.6 Å². The monoisotopic (exact) mass is 250 g/mol. The fourth-order valence-corrected chi connectivity index (χ4v) is 2.28. The third kappa shape index (κ3) is 3.07. The first-order valence-electron chi connectivity index (χ1n) is 6.36. The van der Waals surface area contributed by atoms with Crippen LogP contribution in [-0.2, 0) is 4.79 Å². The number of piperidine rings is 1. The molecule has 3 nitrogen and oxygen atoms in total.